The van der Waals surface area contributed by atoms with Gasteiger partial charge in [-0.25, -0.2) is 0 Å². The molecule has 2 rings (SSSR count). The molecule has 0 unspecified atom stereocenters. The molecule has 0 N–H and O–H groups in total. The summed E-state index contributed by atoms with van der Waals surface area (Å²) >= 11 is 3.43. The molecule has 1 aromatic heterocycles. The van der Waals surface area contributed by atoms with Crippen LogP contribution in [0.3, 0.4) is 0 Å². The lowest BCUT2D eigenvalue weighted by Gasteiger charge is -2.12. The topological polar surface area (TPSA) is 49.2 Å². The molecule has 0 fully saturated rings. The summed E-state index contributed by atoms with van der Waals surface area (Å²) in [5, 5.41) is 8.63. The molecule has 0 bridgehead atoms. The van der Waals surface area contributed by atoms with Crippen molar-refractivity contribution < 1.29 is 9.47 Å². The van der Waals surface area contributed by atoms with Crippen molar-refractivity contribution in [2.24, 2.45) is 7.05 Å². The predicted molar refractivity (Wildman–Crippen MR) is 75.6 cm³/mol. The summed E-state index contributed by atoms with van der Waals surface area (Å²) in [7, 11) is 1.83. The average molecular weight is 326 g/mol. The van der Waals surface area contributed by atoms with Crippen LogP contribution in [0.2, 0.25) is 0 Å². The molecule has 0 spiro atoms. The summed E-state index contributed by atoms with van der Waals surface area (Å²) in [4.78, 5) is 0. The monoisotopic (exact) mass is 325 g/mol. The molecule has 0 saturated carbocycles. The molecule has 1 aromatic carbocycles. The maximum absolute atomic E-state index is 5.73. The lowest BCUT2D eigenvalue weighted by molar-refractivity contribution is 0.266. The zero-order valence-corrected chi connectivity index (χ0v) is 12.6. The number of alkyl halides is 1. The third-order valence-electron chi connectivity index (χ3n) is 2.49. The largest absolute Gasteiger partial charge is 0.490 e. The smallest absolute Gasteiger partial charge is 0.161 e. The van der Waals surface area contributed by atoms with Crippen LogP contribution in [0, 0.1) is 0 Å². The summed E-state index contributed by atoms with van der Waals surface area (Å²) in [6, 6.07) is 5.89. The van der Waals surface area contributed by atoms with Gasteiger partial charge in [-0.15, -0.1) is 5.10 Å². The van der Waals surface area contributed by atoms with Crippen molar-refractivity contribution in [1.29, 1.82) is 0 Å². The van der Waals surface area contributed by atoms with Crippen LogP contribution in [-0.2, 0) is 19.0 Å². The molecule has 0 saturated heterocycles. The highest BCUT2D eigenvalue weighted by molar-refractivity contribution is 9.08. The number of aryl methyl sites for hydroxylation is 1. The van der Waals surface area contributed by atoms with Gasteiger partial charge in [-0.05, 0) is 24.6 Å². The molecular formula is C13H16BrN3O2. The van der Waals surface area contributed by atoms with E-state index in [0.717, 1.165) is 28.1 Å². The molecule has 0 radical (unpaired) electrons. The number of hydrogen-bond acceptors (Lipinski definition) is 4. The Morgan fingerprint density at radius 2 is 2.11 bits per heavy atom. The Morgan fingerprint density at radius 3 is 2.74 bits per heavy atom. The van der Waals surface area contributed by atoms with Crippen molar-refractivity contribution >= 4 is 15.9 Å². The Labute approximate surface area is 120 Å². The maximum Gasteiger partial charge on any atom is 0.161 e. The van der Waals surface area contributed by atoms with Gasteiger partial charge in [0.1, 0.15) is 12.3 Å². The molecule has 2 aromatic rings. The van der Waals surface area contributed by atoms with Crippen LogP contribution >= 0.6 is 15.9 Å². The molecule has 1 heterocycles. The van der Waals surface area contributed by atoms with E-state index in [-0.39, 0.29) is 0 Å². The minimum Gasteiger partial charge on any atom is -0.490 e. The second-order valence-corrected chi connectivity index (χ2v) is 4.58. The molecule has 0 aliphatic heterocycles. The van der Waals surface area contributed by atoms with Crippen LogP contribution in [-0.4, -0.2) is 21.6 Å². The Kier molecular flexibility index (Phi) is 4.79. The molecule has 0 amide bonds. The zero-order chi connectivity index (χ0) is 13.7. The van der Waals surface area contributed by atoms with Gasteiger partial charge < -0.3 is 9.47 Å². The molecule has 0 atom stereocenters. The van der Waals surface area contributed by atoms with Crippen molar-refractivity contribution in [3.05, 3.63) is 35.7 Å². The Morgan fingerprint density at radius 1 is 1.26 bits per heavy atom. The minimum absolute atomic E-state index is 0.377. The van der Waals surface area contributed by atoms with Crippen molar-refractivity contribution in [1.82, 2.24) is 15.0 Å². The summed E-state index contributed by atoms with van der Waals surface area (Å²) in [5.41, 5.74) is 1.94. The molecule has 19 heavy (non-hydrogen) atoms. The average Bonchev–Trinajstić information content (AvgIpc) is 2.83. The van der Waals surface area contributed by atoms with Gasteiger partial charge in [0.05, 0.1) is 12.8 Å². The first-order chi connectivity index (χ1) is 9.22. The molecular weight excluding hydrogens is 310 g/mol. The van der Waals surface area contributed by atoms with Gasteiger partial charge >= 0.3 is 0 Å². The van der Waals surface area contributed by atoms with Gasteiger partial charge in [-0.1, -0.05) is 27.2 Å². The predicted octanol–water partition coefficient (Wildman–Crippen LogP) is 2.69. The number of ether oxygens (including phenoxy) is 2. The fourth-order valence-electron chi connectivity index (χ4n) is 1.64. The quantitative estimate of drug-likeness (QED) is 0.766. The van der Waals surface area contributed by atoms with Crippen molar-refractivity contribution in [2.75, 3.05) is 6.61 Å². The molecule has 0 aliphatic rings. The van der Waals surface area contributed by atoms with Crippen molar-refractivity contribution in [3.63, 3.8) is 0 Å². The first-order valence-electron chi connectivity index (χ1n) is 6.02. The number of hydrogen-bond donors (Lipinski definition) is 0. The number of benzene rings is 1. The Bertz CT molecular complexity index is 542. The van der Waals surface area contributed by atoms with E-state index in [9.17, 15) is 0 Å². The summed E-state index contributed by atoms with van der Waals surface area (Å²) in [6.45, 7) is 2.93. The van der Waals surface area contributed by atoms with Gasteiger partial charge in [0.2, 0.25) is 0 Å². The summed E-state index contributed by atoms with van der Waals surface area (Å²) in [6.07, 6.45) is 1.83. The van der Waals surface area contributed by atoms with Crippen LogP contribution in [0.1, 0.15) is 18.2 Å². The fourth-order valence-corrected chi connectivity index (χ4v) is 1.99. The van der Waals surface area contributed by atoms with E-state index in [4.69, 9.17) is 9.47 Å². The van der Waals surface area contributed by atoms with Crippen LogP contribution in [0.25, 0.3) is 0 Å². The van der Waals surface area contributed by atoms with E-state index < -0.39 is 0 Å². The molecule has 102 valence electrons. The fraction of sp³-hybridized carbons (Fsp3) is 0.385. The van der Waals surface area contributed by atoms with Gasteiger partial charge in [-0.2, -0.15) is 0 Å². The summed E-state index contributed by atoms with van der Waals surface area (Å²) < 4.78 is 13.0. The standard InChI is InChI=1S/C13H16BrN3O2/c1-3-18-13-6-10(7-14)4-5-12(13)19-9-11-8-17(2)16-15-11/h4-6,8H,3,7,9H2,1-2H3. The second kappa shape index (κ2) is 6.56. The van der Waals surface area contributed by atoms with Crippen LogP contribution in [0.5, 0.6) is 11.5 Å². The van der Waals surface area contributed by atoms with E-state index in [1.807, 2.05) is 38.4 Å². The van der Waals surface area contributed by atoms with E-state index in [1.54, 1.807) is 4.68 Å². The zero-order valence-electron chi connectivity index (χ0n) is 11.0. The lowest BCUT2D eigenvalue weighted by Crippen LogP contribution is -2.00. The van der Waals surface area contributed by atoms with Gasteiger partial charge in [0.25, 0.3) is 0 Å². The third-order valence-corrected chi connectivity index (χ3v) is 3.14. The van der Waals surface area contributed by atoms with Crippen LogP contribution in [0.15, 0.2) is 24.4 Å². The Hall–Kier alpha value is -1.56. The highest BCUT2D eigenvalue weighted by Crippen LogP contribution is 2.29. The van der Waals surface area contributed by atoms with E-state index >= 15 is 0 Å². The number of halogens is 1. The van der Waals surface area contributed by atoms with E-state index in [2.05, 4.69) is 26.2 Å². The van der Waals surface area contributed by atoms with E-state index in [1.165, 1.54) is 0 Å². The number of aromatic nitrogens is 3. The van der Waals surface area contributed by atoms with E-state index in [0.29, 0.717) is 13.2 Å². The normalized spacial score (nSPS) is 10.5. The number of nitrogens with zero attached hydrogens (tertiary/aromatic N) is 3. The highest BCUT2D eigenvalue weighted by Gasteiger charge is 2.07. The maximum atomic E-state index is 5.73. The van der Waals surface area contributed by atoms with Gasteiger partial charge in [0, 0.05) is 12.4 Å². The van der Waals surface area contributed by atoms with Gasteiger partial charge in [0.15, 0.2) is 11.5 Å². The van der Waals surface area contributed by atoms with Crippen molar-refractivity contribution in [3.8, 4) is 11.5 Å². The second-order valence-electron chi connectivity index (χ2n) is 4.02. The summed E-state index contributed by atoms with van der Waals surface area (Å²) in [5.74, 6) is 1.47. The Balaban J connectivity index is 2.10. The molecule has 6 heteroatoms. The first kappa shape index (κ1) is 13.9. The first-order valence-corrected chi connectivity index (χ1v) is 7.14. The van der Waals surface area contributed by atoms with Crippen molar-refractivity contribution in [2.45, 2.75) is 18.9 Å². The SMILES string of the molecule is CCOc1cc(CBr)ccc1OCc1cn(C)nn1. The molecule has 5 nitrogen and oxygen atoms in total. The molecule has 0 aliphatic carbocycles. The van der Waals surface area contributed by atoms with Crippen LogP contribution in [0.4, 0.5) is 0 Å². The third kappa shape index (κ3) is 3.70. The highest BCUT2D eigenvalue weighted by atomic mass is 79.9. The minimum atomic E-state index is 0.377. The lowest BCUT2D eigenvalue weighted by atomic mass is 10.2. The van der Waals surface area contributed by atoms with Crippen LogP contribution < -0.4 is 9.47 Å². The number of rotatable bonds is 6. The van der Waals surface area contributed by atoms with Gasteiger partial charge in [-0.3, -0.25) is 4.68 Å².